The molecule has 1 heterocycles. The largest absolute Gasteiger partial charge is 0.480 e. The first kappa shape index (κ1) is 14.5. The van der Waals surface area contributed by atoms with Crippen LogP contribution in [0.2, 0.25) is 0 Å². The molecule has 1 aliphatic heterocycles. The first-order chi connectivity index (χ1) is 9.66. The topological polar surface area (TPSA) is 78.4 Å². The Bertz CT molecular complexity index is 455. The van der Waals surface area contributed by atoms with Gasteiger partial charge in [-0.15, -0.1) is 0 Å². The summed E-state index contributed by atoms with van der Waals surface area (Å²) in [6.07, 6.45) is 2.77. The molecule has 1 fully saturated rings. The van der Waals surface area contributed by atoms with Crippen LogP contribution in [0.5, 0.6) is 0 Å². The molecule has 3 N–H and O–H groups in total. The Hall–Kier alpha value is -1.88. The Morgan fingerprint density at radius 1 is 1.35 bits per heavy atom. The summed E-state index contributed by atoms with van der Waals surface area (Å²) in [7, 11) is 0. The van der Waals surface area contributed by atoms with Crippen molar-refractivity contribution in [2.75, 3.05) is 6.54 Å². The van der Waals surface area contributed by atoms with Gasteiger partial charge in [0.1, 0.15) is 6.04 Å². The van der Waals surface area contributed by atoms with Crippen molar-refractivity contribution in [3.05, 3.63) is 35.9 Å². The number of aryl methyl sites for hydroxylation is 1. The molecule has 0 bridgehead atoms. The molecular weight excluding hydrogens is 256 g/mol. The number of carbonyl (C=O) groups excluding carboxylic acids is 1. The van der Waals surface area contributed by atoms with E-state index in [4.69, 9.17) is 0 Å². The molecule has 108 valence electrons. The van der Waals surface area contributed by atoms with E-state index in [1.165, 1.54) is 0 Å². The average Bonchev–Trinajstić information content (AvgIpc) is 2.98. The van der Waals surface area contributed by atoms with E-state index in [0.29, 0.717) is 12.8 Å². The van der Waals surface area contributed by atoms with E-state index in [1.54, 1.807) is 0 Å². The summed E-state index contributed by atoms with van der Waals surface area (Å²) < 4.78 is 0. The van der Waals surface area contributed by atoms with Gasteiger partial charge in [0, 0.05) is 0 Å². The monoisotopic (exact) mass is 276 g/mol. The summed E-state index contributed by atoms with van der Waals surface area (Å²) in [4.78, 5) is 23.2. The molecular formula is C15H20N2O3. The lowest BCUT2D eigenvalue weighted by Crippen LogP contribution is -2.48. The van der Waals surface area contributed by atoms with Crippen LogP contribution in [-0.4, -0.2) is 35.6 Å². The number of carboxylic acid groups (broad SMARTS) is 1. The third-order valence-corrected chi connectivity index (χ3v) is 3.56. The summed E-state index contributed by atoms with van der Waals surface area (Å²) >= 11 is 0. The lowest BCUT2D eigenvalue weighted by atomic mass is 10.0. The SMILES string of the molecule is O=C(N[C@@H](CCc1ccccc1)C(=O)O)C1CCCN1. The second-order valence-corrected chi connectivity index (χ2v) is 5.07. The quantitative estimate of drug-likeness (QED) is 0.722. The lowest BCUT2D eigenvalue weighted by molar-refractivity contribution is -0.142. The summed E-state index contributed by atoms with van der Waals surface area (Å²) in [6, 6.07) is 8.61. The zero-order valence-electron chi connectivity index (χ0n) is 11.3. The molecule has 0 aromatic heterocycles. The fraction of sp³-hybridized carbons (Fsp3) is 0.467. The predicted octanol–water partition coefficient (Wildman–Crippen LogP) is 0.941. The number of aliphatic carboxylic acids is 1. The molecule has 2 atom stereocenters. The molecule has 5 nitrogen and oxygen atoms in total. The van der Waals surface area contributed by atoms with Crippen molar-refractivity contribution in [1.82, 2.24) is 10.6 Å². The van der Waals surface area contributed by atoms with Gasteiger partial charge in [-0.1, -0.05) is 30.3 Å². The van der Waals surface area contributed by atoms with Gasteiger partial charge in [0.25, 0.3) is 0 Å². The highest BCUT2D eigenvalue weighted by molar-refractivity contribution is 5.87. The van der Waals surface area contributed by atoms with Crippen LogP contribution in [0.15, 0.2) is 30.3 Å². The predicted molar refractivity (Wildman–Crippen MR) is 75.4 cm³/mol. The maximum absolute atomic E-state index is 11.9. The Kier molecular flexibility index (Phi) is 5.12. The van der Waals surface area contributed by atoms with Crippen LogP contribution >= 0.6 is 0 Å². The molecule has 1 saturated heterocycles. The highest BCUT2D eigenvalue weighted by Gasteiger charge is 2.26. The summed E-state index contributed by atoms with van der Waals surface area (Å²) in [5.41, 5.74) is 1.08. The van der Waals surface area contributed by atoms with E-state index < -0.39 is 12.0 Å². The second kappa shape index (κ2) is 7.05. The minimum absolute atomic E-state index is 0.206. The fourth-order valence-corrected chi connectivity index (χ4v) is 2.39. The molecule has 1 aromatic rings. The Balaban J connectivity index is 1.87. The standard InChI is InChI=1S/C15H20N2O3/c18-14(12-7-4-10-16-12)17-13(15(19)20)9-8-11-5-2-1-3-6-11/h1-3,5-6,12-13,16H,4,7-10H2,(H,17,18)(H,19,20)/t12?,13-/m0/s1. The van der Waals surface area contributed by atoms with Crippen LogP contribution in [-0.2, 0) is 16.0 Å². The number of carboxylic acids is 1. The first-order valence-electron chi connectivity index (χ1n) is 6.97. The summed E-state index contributed by atoms with van der Waals surface area (Å²) in [6.45, 7) is 0.819. The second-order valence-electron chi connectivity index (χ2n) is 5.07. The number of rotatable bonds is 6. The molecule has 0 aliphatic carbocycles. The normalized spacial score (nSPS) is 19.5. The fourth-order valence-electron chi connectivity index (χ4n) is 2.39. The Morgan fingerprint density at radius 3 is 2.70 bits per heavy atom. The highest BCUT2D eigenvalue weighted by Crippen LogP contribution is 2.08. The van der Waals surface area contributed by atoms with E-state index in [-0.39, 0.29) is 11.9 Å². The van der Waals surface area contributed by atoms with Crippen molar-refractivity contribution >= 4 is 11.9 Å². The molecule has 1 amide bonds. The minimum atomic E-state index is -0.979. The van der Waals surface area contributed by atoms with Crippen LogP contribution in [0.25, 0.3) is 0 Å². The highest BCUT2D eigenvalue weighted by atomic mass is 16.4. The molecule has 5 heteroatoms. The number of benzene rings is 1. The van der Waals surface area contributed by atoms with E-state index in [0.717, 1.165) is 24.9 Å². The number of hydrogen-bond acceptors (Lipinski definition) is 3. The van der Waals surface area contributed by atoms with Crippen LogP contribution in [0.4, 0.5) is 0 Å². The number of carbonyl (C=O) groups is 2. The van der Waals surface area contributed by atoms with Gasteiger partial charge in [0.05, 0.1) is 6.04 Å². The third-order valence-electron chi connectivity index (χ3n) is 3.56. The molecule has 0 radical (unpaired) electrons. The van der Waals surface area contributed by atoms with Gasteiger partial charge in [-0.05, 0) is 37.8 Å². The van der Waals surface area contributed by atoms with Crippen molar-refractivity contribution in [2.24, 2.45) is 0 Å². The van der Waals surface area contributed by atoms with Gasteiger partial charge in [0.15, 0.2) is 0 Å². The number of hydrogen-bond donors (Lipinski definition) is 3. The Labute approximate surface area is 118 Å². The minimum Gasteiger partial charge on any atom is -0.480 e. The smallest absolute Gasteiger partial charge is 0.326 e. The van der Waals surface area contributed by atoms with E-state index in [1.807, 2.05) is 30.3 Å². The molecule has 0 saturated carbocycles. The van der Waals surface area contributed by atoms with Crippen molar-refractivity contribution in [2.45, 2.75) is 37.8 Å². The summed E-state index contributed by atoms with van der Waals surface area (Å²) in [5, 5.41) is 14.9. The van der Waals surface area contributed by atoms with Crippen molar-refractivity contribution in [3.63, 3.8) is 0 Å². The lowest BCUT2D eigenvalue weighted by Gasteiger charge is -2.17. The average molecular weight is 276 g/mol. The van der Waals surface area contributed by atoms with Gasteiger partial charge < -0.3 is 15.7 Å². The van der Waals surface area contributed by atoms with E-state index >= 15 is 0 Å². The maximum atomic E-state index is 11.9. The molecule has 20 heavy (non-hydrogen) atoms. The Morgan fingerprint density at radius 2 is 2.10 bits per heavy atom. The van der Waals surface area contributed by atoms with Gasteiger partial charge in [-0.25, -0.2) is 4.79 Å². The zero-order valence-corrected chi connectivity index (χ0v) is 11.3. The van der Waals surface area contributed by atoms with Crippen LogP contribution in [0, 0.1) is 0 Å². The summed E-state index contributed by atoms with van der Waals surface area (Å²) in [5.74, 6) is -1.18. The first-order valence-corrected chi connectivity index (χ1v) is 6.97. The zero-order chi connectivity index (χ0) is 14.4. The molecule has 0 spiro atoms. The van der Waals surface area contributed by atoms with Crippen molar-refractivity contribution in [1.29, 1.82) is 0 Å². The maximum Gasteiger partial charge on any atom is 0.326 e. The van der Waals surface area contributed by atoms with E-state index in [9.17, 15) is 14.7 Å². The molecule has 2 rings (SSSR count). The van der Waals surface area contributed by atoms with E-state index in [2.05, 4.69) is 10.6 Å². The molecule has 1 unspecified atom stereocenters. The van der Waals surface area contributed by atoms with Gasteiger partial charge in [0.2, 0.25) is 5.91 Å². The van der Waals surface area contributed by atoms with Gasteiger partial charge in [-0.2, -0.15) is 0 Å². The van der Waals surface area contributed by atoms with Crippen LogP contribution in [0.3, 0.4) is 0 Å². The van der Waals surface area contributed by atoms with Crippen molar-refractivity contribution < 1.29 is 14.7 Å². The molecule has 1 aliphatic rings. The van der Waals surface area contributed by atoms with Gasteiger partial charge in [-0.3, -0.25) is 4.79 Å². The van der Waals surface area contributed by atoms with Gasteiger partial charge >= 0.3 is 5.97 Å². The third kappa shape index (κ3) is 4.06. The number of amides is 1. The van der Waals surface area contributed by atoms with Crippen LogP contribution < -0.4 is 10.6 Å². The van der Waals surface area contributed by atoms with Crippen molar-refractivity contribution in [3.8, 4) is 0 Å². The molecule has 1 aromatic carbocycles. The number of nitrogens with one attached hydrogen (secondary N) is 2. The van der Waals surface area contributed by atoms with Crippen LogP contribution in [0.1, 0.15) is 24.8 Å².